The van der Waals surface area contributed by atoms with Gasteiger partial charge in [-0.1, -0.05) is 0 Å². The Morgan fingerprint density at radius 3 is 2.72 bits per heavy atom. The molecule has 0 bridgehead atoms. The number of morpholine rings is 1. The van der Waals surface area contributed by atoms with E-state index in [0.29, 0.717) is 32.0 Å². The van der Waals surface area contributed by atoms with Crippen LogP contribution < -0.4 is 15.0 Å². The summed E-state index contributed by atoms with van der Waals surface area (Å²) in [5.41, 5.74) is 0.704. The Kier molecular flexibility index (Phi) is 6.20. The summed E-state index contributed by atoms with van der Waals surface area (Å²) in [4.78, 5) is 24.6. The van der Waals surface area contributed by atoms with E-state index in [2.05, 4.69) is 15.3 Å². The van der Waals surface area contributed by atoms with E-state index in [9.17, 15) is 18.0 Å². The normalized spacial score (nSPS) is 14.6. The minimum absolute atomic E-state index is 0.0747. The van der Waals surface area contributed by atoms with Gasteiger partial charge in [-0.05, 0) is 37.6 Å². The molecule has 7 nitrogen and oxygen atoms in total. The molecule has 0 unspecified atom stereocenters. The summed E-state index contributed by atoms with van der Waals surface area (Å²) in [7, 11) is 0. The zero-order chi connectivity index (χ0) is 22.9. The molecule has 1 aliphatic rings. The van der Waals surface area contributed by atoms with Crippen molar-refractivity contribution in [2.24, 2.45) is 0 Å². The van der Waals surface area contributed by atoms with E-state index in [1.165, 1.54) is 23.7 Å². The van der Waals surface area contributed by atoms with Crippen LogP contribution in [0.2, 0.25) is 0 Å². The second kappa shape index (κ2) is 8.91. The molecule has 11 heteroatoms. The Morgan fingerprint density at radius 2 is 2.00 bits per heavy atom. The molecule has 0 saturated carbocycles. The number of aryl methyl sites for hydroxylation is 2. The van der Waals surface area contributed by atoms with Gasteiger partial charge in [-0.2, -0.15) is 13.2 Å². The molecule has 3 heterocycles. The highest BCUT2D eigenvalue weighted by Crippen LogP contribution is 2.36. The maximum Gasteiger partial charge on any atom is 0.416 e. The van der Waals surface area contributed by atoms with Gasteiger partial charge in [-0.3, -0.25) is 4.79 Å². The molecule has 0 spiro atoms. The number of carbonyl (C=O) groups excluding carboxylic acids is 1. The predicted molar refractivity (Wildman–Crippen MR) is 115 cm³/mol. The van der Waals surface area contributed by atoms with Crippen LogP contribution in [0, 0.1) is 13.8 Å². The highest BCUT2D eigenvalue weighted by atomic mass is 32.1. The largest absolute Gasteiger partial charge is 0.467 e. The Balaban J connectivity index is 1.54. The van der Waals surface area contributed by atoms with Crippen LogP contribution in [0.3, 0.4) is 0 Å². The van der Waals surface area contributed by atoms with Crippen LogP contribution >= 0.6 is 11.3 Å². The lowest BCUT2D eigenvalue weighted by Crippen LogP contribution is -2.37. The minimum atomic E-state index is -4.53. The van der Waals surface area contributed by atoms with Crippen LogP contribution in [-0.2, 0) is 15.7 Å². The van der Waals surface area contributed by atoms with Gasteiger partial charge in [0.05, 0.1) is 35.5 Å². The molecule has 3 aromatic rings. The van der Waals surface area contributed by atoms with Crippen LogP contribution in [0.4, 0.5) is 24.5 Å². The number of alkyl halides is 3. The highest BCUT2D eigenvalue weighted by Gasteiger charge is 2.32. The number of hydrogen-bond acceptors (Lipinski definition) is 7. The summed E-state index contributed by atoms with van der Waals surface area (Å²) in [6, 6.07) is 3.32. The van der Waals surface area contributed by atoms with Gasteiger partial charge in [0.2, 0.25) is 5.88 Å². The Labute approximate surface area is 186 Å². The average Bonchev–Trinajstić information content (AvgIpc) is 3.06. The van der Waals surface area contributed by atoms with Gasteiger partial charge in [0, 0.05) is 18.0 Å². The van der Waals surface area contributed by atoms with E-state index >= 15 is 0 Å². The van der Waals surface area contributed by atoms with E-state index in [0.717, 1.165) is 32.8 Å². The molecule has 1 aromatic carbocycles. The van der Waals surface area contributed by atoms with Gasteiger partial charge in [0.1, 0.15) is 11.2 Å². The molecule has 1 amide bonds. The van der Waals surface area contributed by atoms with Gasteiger partial charge < -0.3 is 19.7 Å². The smallest absolute Gasteiger partial charge is 0.416 e. The van der Waals surface area contributed by atoms with Crippen LogP contribution in [0.1, 0.15) is 16.0 Å². The molecule has 1 N–H and O–H groups in total. The van der Waals surface area contributed by atoms with Crippen molar-refractivity contribution >= 4 is 38.8 Å². The average molecular weight is 466 g/mol. The summed E-state index contributed by atoms with van der Waals surface area (Å²) >= 11 is 1.50. The number of anilines is 2. The zero-order valence-corrected chi connectivity index (χ0v) is 18.3. The predicted octanol–water partition coefficient (Wildman–Crippen LogP) is 4.18. The van der Waals surface area contributed by atoms with Crippen LogP contribution in [-0.4, -0.2) is 48.8 Å². The molecule has 1 aliphatic heterocycles. The lowest BCUT2D eigenvalue weighted by atomic mass is 10.1. The summed E-state index contributed by atoms with van der Waals surface area (Å²) in [6.07, 6.45) is -3.17. The third kappa shape index (κ3) is 4.63. The first kappa shape index (κ1) is 22.3. The van der Waals surface area contributed by atoms with E-state index in [-0.39, 0.29) is 11.6 Å². The highest BCUT2D eigenvalue weighted by molar-refractivity contribution is 7.18. The Hall–Kier alpha value is -2.92. The van der Waals surface area contributed by atoms with Crippen LogP contribution in [0.5, 0.6) is 5.88 Å². The van der Waals surface area contributed by atoms with Crippen LogP contribution in [0.25, 0.3) is 10.2 Å². The third-order valence-electron chi connectivity index (χ3n) is 5.22. The second-order valence-electron chi connectivity index (χ2n) is 7.31. The zero-order valence-electron chi connectivity index (χ0n) is 17.5. The molecule has 0 atom stereocenters. The Morgan fingerprint density at radius 1 is 1.25 bits per heavy atom. The number of halogens is 3. The fourth-order valence-corrected chi connectivity index (χ4v) is 4.46. The van der Waals surface area contributed by atoms with Crippen molar-refractivity contribution in [3.8, 4) is 5.88 Å². The summed E-state index contributed by atoms with van der Waals surface area (Å²) in [6.45, 7) is 5.42. The second-order valence-corrected chi connectivity index (χ2v) is 8.51. The number of hydrogen-bond donors (Lipinski definition) is 1. The minimum Gasteiger partial charge on any atom is -0.467 e. The number of thiophene rings is 1. The molecular formula is C21H21F3N4O3S. The molecule has 1 saturated heterocycles. The maximum atomic E-state index is 13.3. The number of fused-ring (bicyclic) bond motifs is 1. The van der Waals surface area contributed by atoms with E-state index in [1.54, 1.807) is 0 Å². The van der Waals surface area contributed by atoms with Crippen molar-refractivity contribution < 1.29 is 27.4 Å². The first-order valence-electron chi connectivity index (χ1n) is 9.91. The first-order chi connectivity index (χ1) is 15.2. The fourth-order valence-electron chi connectivity index (χ4n) is 3.47. The van der Waals surface area contributed by atoms with Gasteiger partial charge in [0.25, 0.3) is 5.91 Å². The third-order valence-corrected chi connectivity index (χ3v) is 6.34. The molecule has 32 heavy (non-hydrogen) atoms. The Bertz CT molecular complexity index is 1140. The van der Waals surface area contributed by atoms with Crippen molar-refractivity contribution in [3.05, 3.63) is 40.5 Å². The first-order valence-corrected chi connectivity index (χ1v) is 10.7. The van der Waals surface area contributed by atoms with Crippen molar-refractivity contribution in [1.82, 2.24) is 9.97 Å². The standard InChI is InChI=1S/C21H21F3N4O3S/c1-12-13(2)32-20-18(12)19(25-11-26-20)31-10-17(29)27-15-9-14(21(22,23)24)3-4-16(15)28-5-7-30-8-6-28/h3-4,9,11H,5-8,10H2,1-2H3,(H,27,29). The monoisotopic (exact) mass is 466 g/mol. The number of nitrogens with zero attached hydrogens (tertiary/aromatic N) is 3. The molecule has 2 aromatic heterocycles. The quantitative estimate of drug-likeness (QED) is 0.608. The van der Waals surface area contributed by atoms with E-state index < -0.39 is 24.3 Å². The molecule has 170 valence electrons. The number of aromatic nitrogens is 2. The van der Waals surface area contributed by atoms with E-state index in [1.807, 2.05) is 18.7 Å². The van der Waals surface area contributed by atoms with Gasteiger partial charge in [-0.15, -0.1) is 11.3 Å². The molecule has 0 aliphatic carbocycles. The molecule has 4 rings (SSSR count). The summed E-state index contributed by atoms with van der Waals surface area (Å²) in [5, 5.41) is 3.30. The number of amides is 1. The number of ether oxygens (including phenoxy) is 2. The fraction of sp³-hybridized carbons (Fsp3) is 0.381. The van der Waals surface area contributed by atoms with Crippen molar-refractivity contribution in [2.45, 2.75) is 20.0 Å². The van der Waals surface area contributed by atoms with Gasteiger partial charge in [0.15, 0.2) is 6.61 Å². The number of rotatable bonds is 5. The molecular weight excluding hydrogens is 445 g/mol. The number of benzene rings is 1. The number of nitrogens with one attached hydrogen (secondary N) is 1. The summed E-state index contributed by atoms with van der Waals surface area (Å²) in [5.74, 6) is -0.320. The molecule has 0 radical (unpaired) electrons. The van der Waals surface area contributed by atoms with Crippen LogP contribution in [0.15, 0.2) is 24.5 Å². The van der Waals surface area contributed by atoms with Gasteiger partial charge in [-0.25, -0.2) is 9.97 Å². The van der Waals surface area contributed by atoms with Crippen molar-refractivity contribution in [3.63, 3.8) is 0 Å². The van der Waals surface area contributed by atoms with E-state index in [4.69, 9.17) is 9.47 Å². The molecule has 1 fully saturated rings. The van der Waals surface area contributed by atoms with Crippen molar-refractivity contribution in [2.75, 3.05) is 43.1 Å². The van der Waals surface area contributed by atoms with Gasteiger partial charge >= 0.3 is 6.18 Å². The SMILES string of the molecule is Cc1sc2ncnc(OCC(=O)Nc3cc(C(F)(F)F)ccc3N3CCOCC3)c2c1C. The maximum absolute atomic E-state index is 13.3. The topological polar surface area (TPSA) is 76.6 Å². The number of carbonyl (C=O) groups is 1. The lowest BCUT2D eigenvalue weighted by molar-refractivity contribution is -0.137. The van der Waals surface area contributed by atoms with Crippen molar-refractivity contribution in [1.29, 1.82) is 0 Å². The summed E-state index contributed by atoms with van der Waals surface area (Å²) < 4.78 is 50.7. The lowest BCUT2D eigenvalue weighted by Gasteiger charge is -2.31.